The summed E-state index contributed by atoms with van der Waals surface area (Å²) < 4.78 is 0. The van der Waals surface area contributed by atoms with Gasteiger partial charge >= 0.3 is 0 Å². The van der Waals surface area contributed by atoms with Crippen molar-refractivity contribution in [3.63, 3.8) is 0 Å². The Morgan fingerprint density at radius 2 is 1.74 bits per heavy atom. The minimum absolute atomic E-state index is 0.230. The van der Waals surface area contributed by atoms with Crippen molar-refractivity contribution in [3.05, 3.63) is 0 Å². The van der Waals surface area contributed by atoms with Gasteiger partial charge in [-0.15, -0.1) is 0 Å². The Balaban J connectivity index is 1.56. The molecule has 3 heteroatoms. The maximum absolute atomic E-state index is 10.5. The molecule has 4 saturated carbocycles. The van der Waals surface area contributed by atoms with Crippen molar-refractivity contribution in [2.75, 3.05) is 19.8 Å². The fraction of sp³-hybridized carbons (Fsp3) is 1.00. The second-order valence-corrected chi connectivity index (χ2v) is 10.8. The van der Waals surface area contributed by atoms with Crippen molar-refractivity contribution < 1.29 is 15.3 Å². The molecule has 3 N–H and O–H groups in total. The molecule has 4 rings (SSSR count). The summed E-state index contributed by atoms with van der Waals surface area (Å²) >= 11 is 0. The van der Waals surface area contributed by atoms with Gasteiger partial charge in [-0.2, -0.15) is 0 Å². The quantitative estimate of drug-likeness (QED) is 0.642. The first-order chi connectivity index (χ1) is 13.1. The Morgan fingerprint density at radius 1 is 0.889 bits per heavy atom. The molecule has 0 aromatic heterocycles. The van der Waals surface area contributed by atoms with E-state index in [-0.39, 0.29) is 18.6 Å². The van der Waals surface area contributed by atoms with Crippen LogP contribution >= 0.6 is 0 Å². The number of hydrogen-bond donors (Lipinski definition) is 3. The lowest BCUT2D eigenvalue weighted by Crippen LogP contribution is -2.55. The normalized spacial score (nSPS) is 47.8. The lowest BCUT2D eigenvalue weighted by Gasteiger charge is -2.61. The Bertz CT molecular complexity index is 508. The number of rotatable bonds is 6. The first kappa shape index (κ1) is 20.2. The minimum Gasteiger partial charge on any atom is -0.396 e. The second kappa shape index (κ2) is 7.95. The first-order valence-electron chi connectivity index (χ1n) is 11.9. The number of aliphatic hydroxyl groups excluding tert-OH is 3. The standard InChI is InChI=1S/C24H42O3/c1-23-13-11-22-19(8-7-18-6-2-3-12-24(18,22)16-27)21(23)10-9-20(23)17(15-26)5-4-14-25/h17-22,25-27H,2-16H2,1H3/t17-,18?,19-,20+,21-,22-,23+,24+/m0/s1. The monoisotopic (exact) mass is 378 g/mol. The Kier molecular flexibility index (Phi) is 5.94. The summed E-state index contributed by atoms with van der Waals surface area (Å²) in [6.45, 7) is 3.48. The lowest BCUT2D eigenvalue weighted by atomic mass is 9.44. The molecule has 3 nitrogen and oxygen atoms in total. The maximum atomic E-state index is 10.5. The molecule has 0 aromatic carbocycles. The lowest BCUT2D eigenvalue weighted by molar-refractivity contribution is -0.143. The highest BCUT2D eigenvalue weighted by Crippen LogP contribution is 2.68. The molecule has 27 heavy (non-hydrogen) atoms. The molecule has 1 unspecified atom stereocenters. The van der Waals surface area contributed by atoms with E-state index in [1.54, 1.807) is 0 Å². The summed E-state index contributed by atoms with van der Waals surface area (Å²) in [5.74, 6) is 4.08. The van der Waals surface area contributed by atoms with E-state index in [2.05, 4.69) is 6.92 Å². The van der Waals surface area contributed by atoms with Crippen LogP contribution in [0.2, 0.25) is 0 Å². The Hall–Kier alpha value is -0.120. The van der Waals surface area contributed by atoms with Crippen molar-refractivity contribution in [2.45, 2.75) is 84.0 Å². The van der Waals surface area contributed by atoms with Crippen molar-refractivity contribution in [1.82, 2.24) is 0 Å². The molecule has 0 amide bonds. The van der Waals surface area contributed by atoms with E-state index in [0.29, 0.717) is 23.9 Å². The molecule has 0 heterocycles. The average molecular weight is 379 g/mol. The zero-order valence-electron chi connectivity index (χ0n) is 17.4. The predicted octanol–water partition coefficient (Wildman–Crippen LogP) is 4.39. The Labute approximate surface area is 165 Å². The summed E-state index contributed by atoms with van der Waals surface area (Å²) in [6.07, 6.45) is 15.0. The largest absolute Gasteiger partial charge is 0.396 e. The van der Waals surface area contributed by atoms with Gasteiger partial charge in [-0.1, -0.05) is 19.8 Å². The van der Waals surface area contributed by atoms with E-state index in [4.69, 9.17) is 0 Å². The number of aliphatic hydroxyl groups is 3. The highest BCUT2D eigenvalue weighted by atomic mass is 16.3. The van der Waals surface area contributed by atoms with Gasteiger partial charge in [0.2, 0.25) is 0 Å². The van der Waals surface area contributed by atoms with Crippen LogP contribution in [0.3, 0.4) is 0 Å². The molecular weight excluding hydrogens is 336 g/mol. The van der Waals surface area contributed by atoms with Crippen LogP contribution in [0.5, 0.6) is 0 Å². The smallest absolute Gasteiger partial charge is 0.0492 e. The summed E-state index contributed by atoms with van der Waals surface area (Å²) in [7, 11) is 0. The van der Waals surface area contributed by atoms with E-state index in [1.807, 2.05) is 0 Å². The molecule has 0 aliphatic heterocycles. The second-order valence-electron chi connectivity index (χ2n) is 10.8. The van der Waals surface area contributed by atoms with Crippen molar-refractivity contribution in [2.24, 2.45) is 46.3 Å². The van der Waals surface area contributed by atoms with Crippen LogP contribution in [-0.4, -0.2) is 35.1 Å². The molecule has 156 valence electrons. The first-order valence-corrected chi connectivity index (χ1v) is 11.9. The molecule has 4 fully saturated rings. The third-order valence-corrected chi connectivity index (χ3v) is 10.2. The van der Waals surface area contributed by atoms with Crippen molar-refractivity contribution >= 4 is 0 Å². The van der Waals surface area contributed by atoms with Gasteiger partial charge in [0.1, 0.15) is 0 Å². The van der Waals surface area contributed by atoms with Gasteiger partial charge in [0.25, 0.3) is 0 Å². The van der Waals surface area contributed by atoms with Gasteiger partial charge in [-0.3, -0.25) is 0 Å². The van der Waals surface area contributed by atoms with E-state index in [9.17, 15) is 15.3 Å². The van der Waals surface area contributed by atoms with Gasteiger partial charge in [0.15, 0.2) is 0 Å². The van der Waals surface area contributed by atoms with Gasteiger partial charge in [0.05, 0.1) is 0 Å². The van der Waals surface area contributed by atoms with Gasteiger partial charge in [0, 0.05) is 19.8 Å². The van der Waals surface area contributed by atoms with E-state index in [1.165, 1.54) is 64.2 Å². The fourth-order valence-electron chi connectivity index (χ4n) is 8.97. The highest BCUT2D eigenvalue weighted by Gasteiger charge is 2.61. The zero-order chi connectivity index (χ0) is 19.1. The zero-order valence-corrected chi connectivity index (χ0v) is 17.4. The molecule has 0 radical (unpaired) electrons. The molecule has 4 aliphatic rings. The van der Waals surface area contributed by atoms with Crippen LogP contribution in [0.1, 0.15) is 84.0 Å². The summed E-state index contributed by atoms with van der Waals surface area (Å²) in [4.78, 5) is 0. The minimum atomic E-state index is 0.230. The van der Waals surface area contributed by atoms with Gasteiger partial charge < -0.3 is 15.3 Å². The summed E-state index contributed by atoms with van der Waals surface area (Å²) in [6, 6.07) is 0. The fourth-order valence-corrected chi connectivity index (χ4v) is 8.97. The van der Waals surface area contributed by atoms with E-state index >= 15 is 0 Å². The third kappa shape index (κ3) is 3.11. The van der Waals surface area contributed by atoms with Crippen molar-refractivity contribution in [3.8, 4) is 0 Å². The number of fused-ring (bicyclic) bond motifs is 5. The maximum Gasteiger partial charge on any atom is 0.0492 e. The van der Waals surface area contributed by atoms with Crippen LogP contribution < -0.4 is 0 Å². The van der Waals surface area contributed by atoms with Crippen LogP contribution in [0.4, 0.5) is 0 Å². The summed E-state index contributed by atoms with van der Waals surface area (Å²) in [5, 5.41) is 29.9. The van der Waals surface area contributed by atoms with E-state index in [0.717, 1.165) is 36.5 Å². The average Bonchev–Trinajstić information content (AvgIpc) is 3.05. The molecular formula is C24H42O3. The Morgan fingerprint density at radius 3 is 2.48 bits per heavy atom. The molecule has 4 aliphatic carbocycles. The summed E-state index contributed by atoms with van der Waals surface area (Å²) in [5.41, 5.74) is 0.593. The third-order valence-electron chi connectivity index (χ3n) is 10.2. The van der Waals surface area contributed by atoms with Gasteiger partial charge in [-0.25, -0.2) is 0 Å². The molecule has 0 bridgehead atoms. The molecule has 0 aromatic rings. The van der Waals surface area contributed by atoms with Crippen LogP contribution in [0.15, 0.2) is 0 Å². The highest BCUT2D eigenvalue weighted by molar-refractivity contribution is 5.10. The van der Waals surface area contributed by atoms with Crippen LogP contribution in [-0.2, 0) is 0 Å². The predicted molar refractivity (Wildman–Crippen MR) is 108 cm³/mol. The van der Waals surface area contributed by atoms with Crippen LogP contribution in [0.25, 0.3) is 0 Å². The SMILES string of the molecule is C[C@]12CC[C@H]3[C@@H](CCC4CCCC[C@@]43CO)[C@@H]1CC[C@@H]2[C@H](CO)CCCO. The molecule has 8 atom stereocenters. The van der Waals surface area contributed by atoms with Gasteiger partial charge in [-0.05, 0) is 111 Å². The van der Waals surface area contributed by atoms with Crippen LogP contribution in [0, 0.1) is 46.3 Å². The molecule has 0 saturated heterocycles. The molecule has 0 spiro atoms. The number of hydrogen-bond acceptors (Lipinski definition) is 3. The van der Waals surface area contributed by atoms with Crippen molar-refractivity contribution in [1.29, 1.82) is 0 Å². The van der Waals surface area contributed by atoms with E-state index < -0.39 is 0 Å². The topological polar surface area (TPSA) is 60.7 Å².